The Kier molecular flexibility index (Phi) is 29.8. The number of rotatable bonds is 26. The Morgan fingerprint density at radius 3 is 1.30 bits per heavy atom. The zero-order chi connectivity index (χ0) is 30.8. The molecule has 0 fully saturated rings. The summed E-state index contributed by atoms with van der Waals surface area (Å²) in [5, 5.41) is 0. The van der Waals surface area contributed by atoms with Crippen LogP contribution in [0.4, 0.5) is 0 Å². The third kappa shape index (κ3) is 22.8. The number of hydrogen-bond acceptors (Lipinski definition) is 4. The summed E-state index contributed by atoms with van der Waals surface area (Å²) >= 11 is 0. The lowest BCUT2D eigenvalue weighted by molar-refractivity contribution is 0.167. The van der Waals surface area contributed by atoms with E-state index in [1.165, 1.54) is 25.7 Å². The van der Waals surface area contributed by atoms with E-state index in [4.69, 9.17) is 9.05 Å². The molecule has 5 atom stereocenters. The molecule has 0 aromatic heterocycles. The Bertz CT molecular complexity index is 590. The van der Waals surface area contributed by atoms with E-state index in [2.05, 4.69) is 55.4 Å². The summed E-state index contributed by atoms with van der Waals surface area (Å²) in [5.74, 6) is 1.68. The van der Waals surface area contributed by atoms with Crippen LogP contribution in [0.25, 0.3) is 0 Å². The molecule has 0 amide bonds. The Labute approximate surface area is 250 Å². The van der Waals surface area contributed by atoms with Crippen LogP contribution in [-0.4, -0.2) is 28.7 Å². The van der Waals surface area contributed by atoms with Crippen LogP contribution in [0, 0.1) is 23.7 Å². The summed E-state index contributed by atoms with van der Waals surface area (Å²) in [6.07, 6.45) is 18.5. The van der Waals surface area contributed by atoms with Crippen molar-refractivity contribution in [1.82, 2.24) is 0 Å². The molecule has 2 N–H and O–H groups in total. The van der Waals surface area contributed by atoms with Crippen molar-refractivity contribution in [3.8, 4) is 0 Å². The fourth-order valence-electron chi connectivity index (χ4n) is 5.27. The molecule has 0 aliphatic rings. The molecule has 0 aliphatic heterocycles. The third-order valence-electron chi connectivity index (χ3n) is 8.51. The first-order valence-electron chi connectivity index (χ1n) is 16.9. The van der Waals surface area contributed by atoms with Crippen molar-refractivity contribution in [1.29, 1.82) is 0 Å². The van der Waals surface area contributed by atoms with E-state index in [0.717, 1.165) is 77.0 Å². The summed E-state index contributed by atoms with van der Waals surface area (Å²) in [4.78, 5) is 19.5. The lowest BCUT2D eigenvalue weighted by Crippen LogP contribution is -2.24. The van der Waals surface area contributed by atoms with E-state index in [9.17, 15) is 18.9 Å². The highest BCUT2D eigenvalue weighted by Gasteiger charge is 2.36. The van der Waals surface area contributed by atoms with Gasteiger partial charge in [0.1, 0.15) is 0 Å². The van der Waals surface area contributed by atoms with Crippen LogP contribution in [0.1, 0.15) is 165 Å². The standard InChI is InChI=1S/2C16H35O3P/c1-5-9-11-15(7-3)13-18-20(17)19-14-16(8-4)12-10-6-2;1-5-9-11-14(7-3)13-16(20(17,18)19)15(8-4)12-10-6-2/h15-16,20H,5-14H2,1-4H3;14-16H,5-13H2,1-4H3,(H2,17,18,19). The molecule has 5 unspecified atom stereocenters. The first-order chi connectivity index (χ1) is 19.1. The number of hydrogen-bond donors (Lipinski definition) is 2. The molecule has 6 nitrogen and oxygen atoms in total. The van der Waals surface area contributed by atoms with Gasteiger partial charge in [-0.1, -0.05) is 139 Å². The summed E-state index contributed by atoms with van der Waals surface area (Å²) in [7, 11) is -6.29. The predicted octanol–water partition coefficient (Wildman–Crippen LogP) is 11.2. The van der Waals surface area contributed by atoms with Gasteiger partial charge in [0, 0.05) is 0 Å². The maximum absolute atomic E-state index is 11.9. The van der Waals surface area contributed by atoms with Gasteiger partial charge in [0.15, 0.2) is 0 Å². The maximum Gasteiger partial charge on any atom is 0.328 e. The molecule has 8 heteroatoms. The Hall–Kier alpha value is 0.300. The quantitative estimate of drug-likeness (QED) is 0.0944. The van der Waals surface area contributed by atoms with Crippen molar-refractivity contribution in [2.24, 2.45) is 23.7 Å². The lowest BCUT2D eigenvalue weighted by Gasteiger charge is -2.30. The van der Waals surface area contributed by atoms with Gasteiger partial charge in [0.05, 0.1) is 18.9 Å². The van der Waals surface area contributed by atoms with Crippen LogP contribution >= 0.6 is 15.9 Å². The van der Waals surface area contributed by atoms with Gasteiger partial charge in [-0.2, -0.15) is 0 Å². The first-order valence-corrected chi connectivity index (χ1v) is 19.8. The van der Waals surface area contributed by atoms with Crippen molar-refractivity contribution < 1.29 is 28.0 Å². The summed E-state index contributed by atoms with van der Waals surface area (Å²) in [6.45, 7) is 18.4. The van der Waals surface area contributed by atoms with Gasteiger partial charge in [-0.05, 0) is 49.4 Å². The molecule has 0 radical (unpaired) electrons. The van der Waals surface area contributed by atoms with Crippen molar-refractivity contribution in [2.45, 2.75) is 170 Å². The molecular weight excluding hydrogens is 542 g/mol. The van der Waals surface area contributed by atoms with Crippen LogP contribution in [-0.2, 0) is 18.2 Å². The molecule has 0 aliphatic carbocycles. The third-order valence-corrected chi connectivity index (χ3v) is 10.8. The molecule has 0 spiro atoms. The van der Waals surface area contributed by atoms with Gasteiger partial charge in [-0.3, -0.25) is 9.13 Å². The van der Waals surface area contributed by atoms with Gasteiger partial charge >= 0.3 is 15.9 Å². The summed E-state index contributed by atoms with van der Waals surface area (Å²) < 4.78 is 34.5. The van der Waals surface area contributed by atoms with Crippen molar-refractivity contribution in [3.05, 3.63) is 0 Å². The summed E-state index contributed by atoms with van der Waals surface area (Å²) in [6, 6.07) is 0. The van der Waals surface area contributed by atoms with E-state index in [-0.39, 0.29) is 5.92 Å². The van der Waals surface area contributed by atoms with Crippen LogP contribution in [0.2, 0.25) is 0 Å². The monoisotopic (exact) mass is 612 g/mol. The average Bonchev–Trinajstić information content (AvgIpc) is 2.94. The van der Waals surface area contributed by atoms with Crippen LogP contribution in [0.5, 0.6) is 0 Å². The molecule has 0 aromatic rings. The van der Waals surface area contributed by atoms with Crippen molar-refractivity contribution >= 4 is 15.9 Å². The Balaban J connectivity index is 0. The highest BCUT2D eigenvalue weighted by Crippen LogP contribution is 2.50. The van der Waals surface area contributed by atoms with Gasteiger partial charge in [-0.15, -0.1) is 0 Å². The van der Waals surface area contributed by atoms with Gasteiger partial charge in [0.25, 0.3) is 0 Å². The molecule has 40 heavy (non-hydrogen) atoms. The van der Waals surface area contributed by atoms with E-state index in [1.54, 1.807) is 0 Å². The molecule has 0 aromatic carbocycles. The zero-order valence-electron chi connectivity index (χ0n) is 27.8. The Morgan fingerprint density at radius 2 is 0.975 bits per heavy atom. The fraction of sp³-hybridized carbons (Fsp3) is 1.00. The Morgan fingerprint density at radius 1 is 0.600 bits per heavy atom. The smallest absolute Gasteiger partial charge is 0.324 e. The molecule has 0 saturated heterocycles. The minimum Gasteiger partial charge on any atom is -0.324 e. The average molecular weight is 613 g/mol. The minimum absolute atomic E-state index is 0.173. The second-order valence-electron chi connectivity index (χ2n) is 11.8. The van der Waals surface area contributed by atoms with Gasteiger partial charge in [-0.25, -0.2) is 0 Å². The van der Waals surface area contributed by atoms with Crippen molar-refractivity contribution in [3.63, 3.8) is 0 Å². The van der Waals surface area contributed by atoms with E-state index in [1.807, 2.05) is 0 Å². The molecule has 0 bridgehead atoms. The van der Waals surface area contributed by atoms with E-state index in [0.29, 0.717) is 37.4 Å². The normalized spacial score (nSPS) is 16.4. The highest BCUT2D eigenvalue weighted by atomic mass is 31.2. The van der Waals surface area contributed by atoms with Crippen molar-refractivity contribution in [2.75, 3.05) is 13.2 Å². The van der Waals surface area contributed by atoms with Crippen LogP contribution < -0.4 is 0 Å². The molecule has 0 saturated carbocycles. The fourth-order valence-corrected chi connectivity index (χ4v) is 7.58. The van der Waals surface area contributed by atoms with Gasteiger partial charge < -0.3 is 18.8 Å². The summed E-state index contributed by atoms with van der Waals surface area (Å²) in [5.41, 5.74) is -0.430. The molecule has 244 valence electrons. The zero-order valence-corrected chi connectivity index (χ0v) is 29.7. The largest absolute Gasteiger partial charge is 0.328 e. The SMILES string of the molecule is CCCCC(CC)CC(C(CC)CCCC)P(=O)(O)O.CCCCC(CC)CO[PH](=O)OCC(CC)CCCC. The minimum atomic E-state index is -3.99. The first kappa shape index (κ1) is 42.4. The van der Waals surface area contributed by atoms with Gasteiger partial charge in [0.2, 0.25) is 0 Å². The second kappa shape index (κ2) is 28.1. The van der Waals surface area contributed by atoms with Crippen LogP contribution in [0.3, 0.4) is 0 Å². The highest BCUT2D eigenvalue weighted by molar-refractivity contribution is 7.52. The molecule has 0 rings (SSSR count). The number of unbranched alkanes of at least 4 members (excludes halogenated alkanes) is 4. The van der Waals surface area contributed by atoms with Crippen LogP contribution in [0.15, 0.2) is 0 Å². The lowest BCUT2D eigenvalue weighted by atomic mass is 9.86. The van der Waals surface area contributed by atoms with E-state index < -0.39 is 21.5 Å². The predicted molar refractivity (Wildman–Crippen MR) is 175 cm³/mol. The molecule has 0 heterocycles. The maximum atomic E-state index is 11.9. The topological polar surface area (TPSA) is 93.1 Å². The second-order valence-corrected chi connectivity index (χ2v) is 14.7. The van der Waals surface area contributed by atoms with E-state index >= 15 is 0 Å². The molecular formula is C32H70O6P2.